The third kappa shape index (κ3) is 3.35. The first kappa shape index (κ1) is 13.3. The molecule has 0 aliphatic carbocycles. The van der Waals surface area contributed by atoms with Gasteiger partial charge in [-0.25, -0.2) is 0 Å². The Morgan fingerprint density at radius 2 is 2.00 bits per heavy atom. The molecular formula is C12H18N2O3. The minimum Gasteiger partial charge on any atom is -0.493 e. The second-order valence-corrected chi connectivity index (χ2v) is 3.57. The predicted molar refractivity (Wildman–Crippen MR) is 66.4 cm³/mol. The van der Waals surface area contributed by atoms with Crippen LogP contribution in [0.2, 0.25) is 0 Å². The number of rotatable bonds is 5. The molecule has 0 spiro atoms. The standard InChI is InChI=1S/C12H18N2O3/c1-4-9(13)12(15)14-8-5-6-10(16-2)11(7-8)17-3/h5-7,9H,4,13H2,1-3H3,(H,14,15)/t9-/m1/s1. The molecule has 0 heterocycles. The third-order valence-corrected chi connectivity index (χ3v) is 2.43. The molecule has 1 aromatic carbocycles. The van der Waals surface area contributed by atoms with Crippen molar-refractivity contribution in [3.8, 4) is 11.5 Å². The van der Waals surface area contributed by atoms with E-state index in [4.69, 9.17) is 15.2 Å². The van der Waals surface area contributed by atoms with Gasteiger partial charge in [0.05, 0.1) is 20.3 Å². The molecule has 17 heavy (non-hydrogen) atoms. The molecule has 3 N–H and O–H groups in total. The van der Waals surface area contributed by atoms with E-state index >= 15 is 0 Å². The largest absolute Gasteiger partial charge is 0.493 e. The normalized spacial score (nSPS) is 11.8. The Hall–Kier alpha value is -1.75. The highest BCUT2D eigenvalue weighted by Crippen LogP contribution is 2.29. The van der Waals surface area contributed by atoms with Gasteiger partial charge in [-0.2, -0.15) is 0 Å². The lowest BCUT2D eigenvalue weighted by Crippen LogP contribution is -2.34. The van der Waals surface area contributed by atoms with Gasteiger partial charge in [0.2, 0.25) is 5.91 Å². The first-order chi connectivity index (χ1) is 8.12. The van der Waals surface area contributed by atoms with Gasteiger partial charge in [0, 0.05) is 11.8 Å². The molecule has 0 aliphatic heterocycles. The minimum absolute atomic E-state index is 0.209. The Morgan fingerprint density at radius 1 is 1.35 bits per heavy atom. The lowest BCUT2D eigenvalue weighted by atomic mass is 10.2. The zero-order chi connectivity index (χ0) is 12.8. The summed E-state index contributed by atoms with van der Waals surface area (Å²) in [5.41, 5.74) is 6.26. The first-order valence-corrected chi connectivity index (χ1v) is 5.40. The van der Waals surface area contributed by atoms with E-state index in [0.29, 0.717) is 23.6 Å². The molecule has 0 aromatic heterocycles. The monoisotopic (exact) mass is 238 g/mol. The molecule has 0 bridgehead atoms. The van der Waals surface area contributed by atoms with Crippen LogP contribution in [0.1, 0.15) is 13.3 Å². The van der Waals surface area contributed by atoms with Gasteiger partial charge in [-0.15, -0.1) is 0 Å². The van der Waals surface area contributed by atoms with Gasteiger partial charge in [-0.05, 0) is 18.6 Å². The average Bonchev–Trinajstić information content (AvgIpc) is 2.37. The van der Waals surface area contributed by atoms with Crippen LogP contribution in [0.5, 0.6) is 11.5 Å². The summed E-state index contributed by atoms with van der Waals surface area (Å²) in [7, 11) is 3.10. The topological polar surface area (TPSA) is 73.6 Å². The smallest absolute Gasteiger partial charge is 0.241 e. The molecule has 94 valence electrons. The second-order valence-electron chi connectivity index (χ2n) is 3.57. The number of nitrogens with one attached hydrogen (secondary N) is 1. The van der Waals surface area contributed by atoms with Crippen molar-refractivity contribution in [3.05, 3.63) is 18.2 Å². The Morgan fingerprint density at radius 3 is 2.53 bits per heavy atom. The van der Waals surface area contributed by atoms with Crippen LogP contribution in [-0.2, 0) is 4.79 Å². The van der Waals surface area contributed by atoms with Crippen LogP contribution < -0.4 is 20.5 Å². The summed E-state index contributed by atoms with van der Waals surface area (Å²) in [4.78, 5) is 11.6. The third-order valence-electron chi connectivity index (χ3n) is 2.43. The van der Waals surface area contributed by atoms with Gasteiger partial charge >= 0.3 is 0 Å². The molecule has 0 saturated heterocycles. The Balaban J connectivity index is 2.82. The summed E-state index contributed by atoms with van der Waals surface area (Å²) in [5, 5.41) is 2.72. The molecule has 1 aromatic rings. The Labute approximate surface area is 101 Å². The Kier molecular flexibility index (Phi) is 4.78. The molecule has 1 rings (SSSR count). The fraction of sp³-hybridized carbons (Fsp3) is 0.417. The lowest BCUT2D eigenvalue weighted by Gasteiger charge is -2.12. The van der Waals surface area contributed by atoms with E-state index in [1.165, 1.54) is 0 Å². The summed E-state index contributed by atoms with van der Waals surface area (Å²) in [6.45, 7) is 1.86. The van der Waals surface area contributed by atoms with Crippen molar-refractivity contribution in [2.45, 2.75) is 19.4 Å². The van der Waals surface area contributed by atoms with E-state index in [-0.39, 0.29) is 5.91 Å². The molecular weight excluding hydrogens is 220 g/mol. The van der Waals surface area contributed by atoms with Crippen molar-refractivity contribution in [2.24, 2.45) is 5.73 Å². The molecule has 0 fully saturated rings. The van der Waals surface area contributed by atoms with Gasteiger partial charge in [0.1, 0.15) is 0 Å². The van der Waals surface area contributed by atoms with Crippen LogP contribution >= 0.6 is 0 Å². The predicted octanol–water partition coefficient (Wildman–Crippen LogP) is 1.38. The molecule has 0 aliphatic rings. The van der Waals surface area contributed by atoms with Gasteiger partial charge in [0.15, 0.2) is 11.5 Å². The summed E-state index contributed by atoms with van der Waals surface area (Å²) in [6, 6.07) is 4.66. The van der Waals surface area contributed by atoms with Crippen molar-refractivity contribution in [2.75, 3.05) is 19.5 Å². The highest BCUT2D eigenvalue weighted by Gasteiger charge is 2.12. The van der Waals surface area contributed by atoms with E-state index in [2.05, 4.69) is 5.32 Å². The summed E-state index contributed by atoms with van der Waals surface area (Å²) < 4.78 is 10.2. The molecule has 5 heteroatoms. The Bertz CT molecular complexity index is 393. The summed E-state index contributed by atoms with van der Waals surface area (Å²) in [6.07, 6.45) is 0.596. The average molecular weight is 238 g/mol. The number of ether oxygens (including phenoxy) is 2. The molecule has 5 nitrogen and oxygen atoms in total. The fourth-order valence-corrected chi connectivity index (χ4v) is 1.33. The second kappa shape index (κ2) is 6.10. The number of carbonyl (C=O) groups excluding carboxylic acids is 1. The van der Waals surface area contributed by atoms with Crippen molar-refractivity contribution < 1.29 is 14.3 Å². The quantitative estimate of drug-likeness (QED) is 0.812. The molecule has 0 unspecified atom stereocenters. The SMILES string of the molecule is CC[C@@H](N)C(=O)Nc1ccc(OC)c(OC)c1. The maximum atomic E-state index is 11.6. The number of amides is 1. The number of hydrogen-bond donors (Lipinski definition) is 2. The van der Waals surface area contributed by atoms with Gasteiger partial charge in [-0.1, -0.05) is 6.92 Å². The van der Waals surface area contributed by atoms with Crippen LogP contribution in [0.3, 0.4) is 0 Å². The lowest BCUT2D eigenvalue weighted by molar-refractivity contribution is -0.117. The number of nitrogens with two attached hydrogens (primary N) is 1. The summed E-state index contributed by atoms with van der Waals surface area (Å²) in [5.74, 6) is 0.973. The van der Waals surface area contributed by atoms with Gasteiger partial charge in [-0.3, -0.25) is 4.79 Å². The number of anilines is 1. The van der Waals surface area contributed by atoms with Crippen LogP contribution in [0.15, 0.2) is 18.2 Å². The maximum Gasteiger partial charge on any atom is 0.241 e. The summed E-state index contributed by atoms with van der Waals surface area (Å²) >= 11 is 0. The van der Waals surface area contributed by atoms with E-state index < -0.39 is 6.04 Å². The van der Waals surface area contributed by atoms with Crippen LogP contribution in [0.25, 0.3) is 0 Å². The molecule has 0 saturated carbocycles. The first-order valence-electron chi connectivity index (χ1n) is 5.40. The van der Waals surface area contributed by atoms with Gasteiger partial charge in [0.25, 0.3) is 0 Å². The van der Waals surface area contributed by atoms with E-state index in [0.717, 1.165) is 0 Å². The number of carbonyl (C=O) groups is 1. The maximum absolute atomic E-state index is 11.6. The van der Waals surface area contributed by atoms with E-state index in [1.807, 2.05) is 6.92 Å². The molecule has 1 atom stereocenters. The van der Waals surface area contributed by atoms with Crippen molar-refractivity contribution >= 4 is 11.6 Å². The van der Waals surface area contributed by atoms with Crippen LogP contribution in [0.4, 0.5) is 5.69 Å². The number of benzene rings is 1. The molecule has 1 amide bonds. The number of methoxy groups -OCH3 is 2. The van der Waals surface area contributed by atoms with Crippen molar-refractivity contribution in [1.29, 1.82) is 0 Å². The number of hydrogen-bond acceptors (Lipinski definition) is 4. The van der Waals surface area contributed by atoms with Gasteiger partial charge < -0.3 is 20.5 Å². The van der Waals surface area contributed by atoms with E-state index in [9.17, 15) is 4.79 Å². The highest BCUT2D eigenvalue weighted by atomic mass is 16.5. The van der Waals surface area contributed by atoms with Crippen LogP contribution in [-0.4, -0.2) is 26.2 Å². The fourth-order valence-electron chi connectivity index (χ4n) is 1.33. The zero-order valence-electron chi connectivity index (χ0n) is 10.3. The minimum atomic E-state index is -0.497. The van der Waals surface area contributed by atoms with Crippen molar-refractivity contribution in [1.82, 2.24) is 0 Å². The zero-order valence-corrected chi connectivity index (χ0v) is 10.3. The van der Waals surface area contributed by atoms with E-state index in [1.54, 1.807) is 32.4 Å². The van der Waals surface area contributed by atoms with Crippen LogP contribution in [0, 0.1) is 0 Å². The van der Waals surface area contributed by atoms with Crippen molar-refractivity contribution in [3.63, 3.8) is 0 Å². The highest BCUT2D eigenvalue weighted by molar-refractivity contribution is 5.94. The molecule has 0 radical (unpaired) electrons.